The van der Waals surface area contributed by atoms with Gasteiger partial charge in [-0.3, -0.25) is 0 Å². The minimum absolute atomic E-state index is 0.214. The van der Waals surface area contributed by atoms with Gasteiger partial charge in [-0.1, -0.05) is 78.9 Å². The zero-order chi connectivity index (χ0) is 25.9. The summed E-state index contributed by atoms with van der Waals surface area (Å²) in [5.74, 6) is 0.637. The summed E-state index contributed by atoms with van der Waals surface area (Å²) < 4.78 is 6.45. The summed E-state index contributed by atoms with van der Waals surface area (Å²) in [6, 6.07) is 40.6. The second-order valence-corrected chi connectivity index (χ2v) is 10.8. The number of aromatic nitrogens is 1. The molecule has 0 aliphatic rings. The van der Waals surface area contributed by atoms with Gasteiger partial charge < -0.3 is 9.32 Å². The maximum Gasteiger partial charge on any atom is 0.227 e. The molecule has 3 nitrogen and oxygen atoms in total. The van der Waals surface area contributed by atoms with Crippen molar-refractivity contribution in [2.24, 2.45) is 0 Å². The third kappa shape index (κ3) is 3.54. The topological polar surface area (TPSA) is 29.3 Å². The molecule has 3 heteroatoms. The molecule has 184 valence electrons. The maximum atomic E-state index is 6.45. The maximum absolute atomic E-state index is 6.45. The number of hydrogen-bond acceptors (Lipinski definition) is 3. The van der Waals surface area contributed by atoms with E-state index in [1.165, 1.54) is 32.3 Å². The summed E-state index contributed by atoms with van der Waals surface area (Å²) in [5, 5.41) is 7.62. The van der Waals surface area contributed by atoms with Crippen LogP contribution in [0.1, 0.15) is 20.8 Å². The number of hydrogen-bond donors (Lipinski definition) is 0. The molecular weight excluding hydrogens is 464 g/mol. The van der Waals surface area contributed by atoms with E-state index in [9.17, 15) is 0 Å². The van der Waals surface area contributed by atoms with Gasteiger partial charge in [0, 0.05) is 16.8 Å². The Labute approximate surface area is 222 Å². The fraction of sp³-hybridized carbons (Fsp3) is 0.114. The van der Waals surface area contributed by atoms with Gasteiger partial charge in [0.25, 0.3) is 0 Å². The highest BCUT2D eigenvalue weighted by atomic mass is 16.3. The first-order valence-electron chi connectivity index (χ1n) is 13.1. The first-order chi connectivity index (χ1) is 18.5. The molecule has 0 atom stereocenters. The number of fused-ring (bicyclic) bond motifs is 7. The Morgan fingerprint density at radius 1 is 0.579 bits per heavy atom. The Hall–Kier alpha value is -4.63. The molecule has 0 fully saturated rings. The first-order valence-corrected chi connectivity index (χ1v) is 13.1. The highest BCUT2D eigenvalue weighted by Crippen LogP contribution is 2.42. The van der Waals surface area contributed by atoms with Gasteiger partial charge in [0.2, 0.25) is 5.89 Å². The predicted molar refractivity (Wildman–Crippen MR) is 160 cm³/mol. The van der Waals surface area contributed by atoms with Crippen molar-refractivity contribution in [1.82, 2.24) is 4.98 Å². The summed E-state index contributed by atoms with van der Waals surface area (Å²) in [6.07, 6.45) is 0. The Bertz CT molecular complexity index is 1930. The molecule has 1 aromatic heterocycles. The molecule has 1 heterocycles. The van der Waals surface area contributed by atoms with Crippen molar-refractivity contribution in [2.75, 3.05) is 4.90 Å². The van der Waals surface area contributed by atoms with E-state index in [0.29, 0.717) is 5.89 Å². The molecule has 0 amide bonds. The minimum Gasteiger partial charge on any atom is -0.434 e. The van der Waals surface area contributed by atoms with Gasteiger partial charge in [-0.25, -0.2) is 4.98 Å². The number of para-hydroxylation sites is 1. The van der Waals surface area contributed by atoms with Crippen LogP contribution in [0.4, 0.5) is 11.4 Å². The van der Waals surface area contributed by atoms with E-state index in [-0.39, 0.29) is 5.54 Å². The molecule has 0 aliphatic carbocycles. The van der Waals surface area contributed by atoms with Crippen molar-refractivity contribution in [3.8, 4) is 11.5 Å². The normalized spacial score (nSPS) is 12.1. The predicted octanol–water partition coefficient (Wildman–Crippen LogP) is 9.89. The van der Waals surface area contributed by atoms with Crippen LogP contribution in [0.5, 0.6) is 0 Å². The molecule has 0 spiro atoms. The largest absolute Gasteiger partial charge is 0.434 e. The van der Waals surface area contributed by atoms with Crippen LogP contribution in [-0.2, 0) is 0 Å². The van der Waals surface area contributed by atoms with Crippen LogP contribution in [0.25, 0.3) is 54.9 Å². The standard InChI is InChI=1S/C35H28N2O/c1-35(2,3)37(32-19-11-18-31-33(32)38-34(36-31)23-12-5-4-6-13-23)24-20-21-29-27-16-8-7-14-25(27)26-15-9-10-17-28(26)30(29)22-24/h4-22H,1-3H3. The second kappa shape index (κ2) is 8.46. The van der Waals surface area contributed by atoms with Gasteiger partial charge in [0.15, 0.2) is 5.58 Å². The van der Waals surface area contributed by atoms with Crippen molar-refractivity contribution < 1.29 is 4.42 Å². The molecule has 0 unspecified atom stereocenters. The molecule has 0 radical (unpaired) electrons. The van der Waals surface area contributed by atoms with E-state index in [1.54, 1.807) is 0 Å². The van der Waals surface area contributed by atoms with E-state index in [1.807, 2.05) is 36.4 Å². The van der Waals surface area contributed by atoms with Gasteiger partial charge in [-0.2, -0.15) is 0 Å². The summed E-state index contributed by atoms with van der Waals surface area (Å²) >= 11 is 0. The minimum atomic E-state index is -0.214. The first kappa shape index (κ1) is 22.6. The molecule has 7 rings (SSSR count). The second-order valence-electron chi connectivity index (χ2n) is 10.8. The van der Waals surface area contributed by atoms with Gasteiger partial charge in [0.05, 0.1) is 5.69 Å². The van der Waals surface area contributed by atoms with Crippen molar-refractivity contribution in [3.05, 3.63) is 115 Å². The lowest BCUT2D eigenvalue weighted by molar-refractivity contribution is 0.554. The van der Waals surface area contributed by atoms with Gasteiger partial charge >= 0.3 is 0 Å². The number of nitrogens with zero attached hydrogens (tertiary/aromatic N) is 2. The van der Waals surface area contributed by atoms with Crippen LogP contribution in [0.15, 0.2) is 120 Å². The van der Waals surface area contributed by atoms with E-state index in [0.717, 1.165) is 28.0 Å². The fourth-order valence-electron chi connectivity index (χ4n) is 5.74. The van der Waals surface area contributed by atoms with E-state index in [2.05, 4.69) is 105 Å². The van der Waals surface area contributed by atoms with Gasteiger partial charge in [0.1, 0.15) is 5.52 Å². The van der Waals surface area contributed by atoms with Crippen LogP contribution in [0.2, 0.25) is 0 Å². The van der Waals surface area contributed by atoms with E-state index >= 15 is 0 Å². The lowest BCUT2D eigenvalue weighted by Gasteiger charge is -2.38. The lowest BCUT2D eigenvalue weighted by Crippen LogP contribution is -2.37. The SMILES string of the molecule is CC(C)(C)N(c1ccc2c3ccccc3c3ccccc3c2c1)c1cccc2nc(-c3ccccc3)oc12. The summed E-state index contributed by atoms with van der Waals surface area (Å²) in [6.45, 7) is 6.72. The van der Waals surface area contributed by atoms with Crippen LogP contribution >= 0.6 is 0 Å². The van der Waals surface area contributed by atoms with Gasteiger partial charge in [-0.05, 0) is 89.5 Å². The number of oxazole rings is 1. The Balaban J connectivity index is 1.48. The third-order valence-electron chi connectivity index (χ3n) is 7.31. The average molecular weight is 493 g/mol. The highest BCUT2D eigenvalue weighted by Gasteiger charge is 2.27. The molecule has 0 aliphatic heterocycles. The molecule has 38 heavy (non-hydrogen) atoms. The smallest absolute Gasteiger partial charge is 0.227 e. The van der Waals surface area contributed by atoms with Crippen LogP contribution < -0.4 is 4.90 Å². The fourth-order valence-corrected chi connectivity index (χ4v) is 5.74. The molecule has 0 N–H and O–H groups in total. The van der Waals surface area contributed by atoms with E-state index in [4.69, 9.17) is 9.40 Å². The Morgan fingerprint density at radius 2 is 1.16 bits per heavy atom. The van der Waals surface area contributed by atoms with Gasteiger partial charge in [-0.15, -0.1) is 0 Å². The zero-order valence-corrected chi connectivity index (χ0v) is 21.8. The molecule has 0 saturated carbocycles. The summed E-state index contributed by atoms with van der Waals surface area (Å²) in [7, 11) is 0. The Morgan fingerprint density at radius 3 is 1.79 bits per heavy atom. The highest BCUT2D eigenvalue weighted by molar-refractivity contribution is 6.25. The summed E-state index contributed by atoms with van der Waals surface area (Å²) in [5.41, 5.74) is 4.54. The number of benzene rings is 6. The average Bonchev–Trinajstić information content (AvgIpc) is 3.39. The molecule has 7 aromatic rings. The monoisotopic (exact) mass is 492 g/mol. The molecule has 6 aromatic carbocycles. The van der Waals surface area contributed by atoms with E-state index < -0.39 is 0 Å². The quantitative estimate of drug-likeness (QED) is 0.230. The zero-order valence-electron chi connectivity index (χ0n) is 21.8. The van der Waals surface area contributed by atoms with Crippen molar-refractivity contribution in [1.29, 1.82) is 0 Å². The number of rotatable bonds is 3. The van der Waals surface area contributed by atoms with Crippen molar-refractivity contribution >= 4 is 54.8 Å². The van der Waals surface area contributed by atoms with Crippen LogP contribution in [0, 0.1) is 0 Å². The molecule has 0 saturated heterocycles. The van der Waals surface area contributed by atoms with Crippen LogP contribution in [0.3, 0.4) is 0 Å². The molecule has 0 bridgehead atoms. The number of anilines is 2. The molecular formula is C35H28N2O. The van der Waals surface area contributed by atoms with Crippen molar-refractivity contribution in [2.45, 2.75) is 26.3 Å². The lowest BCUT2D eigenvalue weighted by atomic mass is 9.93. The summed E-state index contributed by atoms with van der Waals surface area (Å²) in [4.78, 5) is 7.21. The third-order valence-corrected chi connectivity index (χ3v) is 7.31. The van der Waals surface area contributed by atoms with Crippen LogP contribution in [-0.4, -0.2) is 10.5 Å². The van der Waals surface area contributed by atoms with Crippen molar-refractivity contribution in [3.63, 3.8) is 0 Å². The Kier molecular flexibility index (Phi) is 5.02.